The van der Waals surface area contributed by atoms with E-state index < -0.39 is 0 Å². The van der Waals surface area contributed by atoms with Crippen molar-refractivity contribution in [2.75, 3.05) is 31.1 Å². The smallest absolute Gasteiger partial charge is 0.270 e. The first-order chi connectivity index (χ1) is 12.2. The van der Waals surface area contributed by atoms with Crippen LogP contribution in [0.1, 0.15) is 35.3 Å². The first-order valence-corrected chi connectivity index (χ1v) is 9.17. The van der Waals surface area contributed by atoms with Crippen LogP contribution in [0.2, 0.25) is 0 Å². The van der Waals surface area contributed by atoms with Crippen molar-refractivity contribution in [1.82, 2.24) is 19.9 Å². The number of aromatic nitrogens is 3. The predicted octanol–water partition coefficient (Wildman–Crippen LogP) is 2.49. The highest BCUT2D eigenvalue weighted by Crippen LogP contribution is 2.33. The molecular weight excluding hydrogens is 314 g/mol. The van der Waals surface area contributed by atoms with Gasteiger partial charge in [-0.3, -0.25) is 4.79 Å². The zero-order valence-electron chi connectivity index (χ0n) is 14.7. The first-order valence-electron chi connectivity index (χ1n) is 9.17. The van der Waals surface area contributed by atoms with Gasteiger partial charge in [-0.05, 0) is 55.7 Å². The molecule has 2 aromatic rings. The fraction of sp³-hybridized carbons (Fsp3) is 0.526. The molecule has 6 nitrogen and oxygen atoms in total. The van der Waals surface area contributed by atoms with Crippen LogP contribution in [0.25, 0.3) is 0 Å². The van der Waals surface area contributed by atoms with E-state index in [-0.39, 0.29) is 5.91 Å². The molecule has 0 aromatic carbocycles. The lowest BCUT2D eigenvalue weighted by atomic mass is 9.84. The molecule has 2 aliphatic rings. The Morgan fingerprint density at radius 1 is 1.12 bits per heavy atom. The number of likely N-dealkylation sites (tertiary alicyclic amines) is 1. The summed E-state index contributed by atoms with van der Waals surface area (Å²) >= 11 is 0. The van der Waals surface area contributed by atoms with Crippen molar-refractivity contribution in [3.05, 3.63) is 42.0 Å². The van der Waals surface area contributed by atoms with E-state index >= 15 is 0 Å². The van der Waals surface area contributed by atoms with Crippen LogP contribution in [0.15, 0.2) is 30.7 Å². The Labute approximate surface area is 148 Å². The number of anilines is 1. The minimum Gasteiger partial charge on any atom is -0.357 e. The molecule has 1 N–H and O–H groups in total. The summed E-state index contributed by atoms with van der Waals surface area (Å²) in [6.07, 6.45) is 8.94. The van der Waals surface area contributed by atoms with Crippen LogP contribution in [0.4, 0.5) is 5.95 Å². The van der Waals surface area contributed by atoms with Gasteiger partial charge in [0.05, 0.1) is 0 Å². The summed E-state index contributed by atoms with van der Waals surface area (Å²) in [7, 11) is 0. The van der Waals surface area contributed by atoms with Crippen LogP contribution >= 0.6 is 0 Å². The standard InChI is InChI=1S/C19H25N5O/c1-14-11-17(22-12-14)18(25)24-10-5-16(13-24)15-3-8-23(9-4-15)19-20-6-2-7-21-19/h2,6-7,11-12,15-16,22H,3-5,8-10,13H2,1H3. The minimum absolute atomic E-state index is 0.144. The highest BCUT2D eigenvalue weighted by atomic mass is 16.2. The van der Waals surface area contributed by atoms with Gasteiger partial charge >= 0.3 is 0 Å². The van der Waals surface area contributed by atoms with Gasteiger partial charge in [-0.2, -0.15) is 0 Å². The Kier molecular flexibility index (Phi) is 4.42. The van der Waals surface area contributed by atoms with E-state index in [1.165, 1.54) is 0 Å². The maximum absolute atomic E-state index is 12.6. The summed E-state index contributed by atoms with van der Waals surface area (Å²) < 4.78 is 0. The minimum atomic E-state index is 0.144. The summed E-state index contributed by atoms with van der Waals surface area (Å²) in [6.45, 7) is 5.79. The van der Waals surface area contributed by atoms with Gasteiger partial charge in [-0.15, -0.1) is 0 Å². The number of aryl methyl sites for hydroxylation is 1. The Balaban J connectivity index is 1.32. The molecule has 6 heteroatoms. The lowest BCUT2D eigenvalue weighted by Crippen LogP contribution is -2.38. The van der Waals surface area contributed by atoms with Gasteiger partial charge < -0.3 is 14.8 Å². The molecule has 2 saturated heterocycles. The number of nitrogens with one attached hydrogen (secondary N) is 1. The number of rotatable bonds is 3. The van der Waals surface area contributed by atoms with Gasteiger partial charge in [-0.25, -0.2) is 9.97 Å². The molecule has 25 heavy (non-hydrogen) atoms. The van der Waals surface area contributed by atoms with E-state index in [9.17, 15) is 4.79 Å². The number of hydrogen-bond donors (Lipinski definition) is 1. The average molecular weight is 339 g/mol. The third-order valence-corrected chi connectivity index (χ3v) is 5.61. The monoisotopic (exact) mass is 339 g/mol. The largest absolute Gasteiger partial charge is 0.357 e. The highest BCUT2D eigenvalue weighted by Gasteiger charge is 2.34. The molecular formula is C19H25N5O. The molecule has 1 unspecified atom stereocenters. The van der Waals surface area contributed by atoms with E-state index in [0.29, 0.717) is 17.5 Å². The SMILES string of the molecule is Cc1c[nH]c(C(=O)N2CCC(C3CCN(c4ncccn4)CC3)C2)c1. The molecule has 0 spiro atoms. The van der Waals surface area contributed by atoms with Crippen LogP contribution in [0.3, 0.4) is 0 Å². The number of carbonyl (C=O) groups excluding carboxylic acids is 1. The van der Waals surface area contributed by atoms with Gasteiger partial charge in [0.1, 0.15) is 5.69 Å². The summed E-state index contributed by atoms with van der Waals surface area (Å²) in [6, 6.07) is 3.79. The molecule has 0 aliphatic carbocycles. The van der Waals surface area contributed by atoms with E-state index in [2.05, 4.69) is 19.9 Å². The van der Waals surface area contributed by atoms with E-state index in [4.69, 9.17) is 0 Å². The average Bonchev–Trinajstić information content (AvgIpc) is 3.31. The summed E-state index contributed by atoms with van der Waals surface area (Å²) in [5, 5.41) is 0. The third-order valence-electron chi connectivity index (χ3n) is 5.61. The summed E-state index contributed by atoms with van der Waals surface area (Å²) in [5.41, 5.74) is 1.82. The first kappa shape index (κ1) is 16.1. The van der Waals surface area contributed by atoms with Crippen LogP contribution in [-0.2, 0) is 0 Å². The molecule has 4 heterocycles. The van der Waals surface area contributed by atoms with Gasteiger partial charge in [0.25, 0.3) is 5.91 Å². The van der Waals surface area contributed by atoms with Crippen molar-refractivity contribution in [1.29, 1.82) is 0 Å². The van der Waals surface area contributed by atoms with Crippen molar-refractivity contribution < 1.29 is 4.79 Å². The maximum Gasteiger partial charge on any atom is 0.270 e. The molecule has 2 fully saturated rings. The van der Waals surface area contributed by atoms with Crippen molar-refractivity contribution >= 4 is 11.9 Å². The van der Waals surface area contributed by atoms with E-state index in [1.54, 1.807) is 12.4 Å². The van der Waals surface area contributed by atoms with E-state index in [1.807, 2.05) is 30.2 Å². The van der Waals surface area contributed by atoms with Crippen molar-refractivity contribution in [2.45, 2.75) is 26.2 Å². The normalized spacial score (nSPS) is 21.7. The summed E-state index contributed by atoms with van der Waals surface area (Å²) in [5.74, 6) is 2.30. The lowest BCUT2D eigenvalue weighted by molar-refractivity contribution is 0.0775. The topological polar surface area (TPSA) is 65.1 Å². The van der Waals surface area contributed by atoms with Crippen LogP contribution < -0.4 is 4.90 Å². The van der Waals surface area contributed by atoms with Crippen molar-refractivity contribution in [2.24, 2.45) is 11.8 Å². The number of aromatic amines is 1. The molecule has 0 saturated carbocycles. The van der Waals surface area contributed by atoms with Crippen molar-refractivity contribution in [3.8, 4) is 0 Å². The van der Waals surface area contributed by atoms with Crippen molar-refractivity contribution in [3.63, 3.8) is 0 Å². The zero-order valence-corrected chi connectivity index (χ0v) is 14.7. The third kappa shape index (κ3) is 3.38. The number of nitrogens with zero attached hydrogens (tertiary/aromatic N) is 4. The Hall–Kier alpha value is -2.37. The molecule has 4 rings (SSSR count). The fourth-order valence-corrected chi connectivity index (χ4v) is 4.18. The quantitative estimate of drug-likeness (QED) is 0.933. The van der Waals surface area contributed by atoms with Crippen LogP contribution in [0, 0.1) is 18.8 Å². The van der Waals surface area contributed by atoms with Gasteiger partial charge in [0.15, 0.2) is 0 Å². The van der Waals surface area contributed by atoms with Crippen LogP contribution in [-0.4, -0.2) is 51.9 Å². The molecule has 0 bridgehead atoms. The number of piperidine rings is 1. The molecule has 2 aliphatic heterocycles. The molecule has 1 amide bonds. The molecule has 0 radical (unpaired) electrons. The Morgan fingerprint density at radius 2 is 1.84 bits per heavy atom. The molecule has 1 atom stereocenters. The zero-order chi connectivity index (χ0) is 17.2. The highest BCUT2D eigenvalue weighted by molar-refractivity contribution is 5.92. The van der Waals surface area contributed by atoms with E-state index in [0.717, 1.165) is 57.0 Å². The van der Waals surface area contributed by atoms with Gasteiger partial charge in [0.2, 0.25) is 5.95 Å². The number of carbonyl (C=O) groups is 1. The number of H-pyrrole nitrogens is 1. The fourth-order valence-electron chi connectivity index (χ4n) is 4.18. The van der Waals surface area contributed by atoms with Gasteiger partial charge in [-0.1, -0.05) is 0 Å². The second-order valence-corrected chi connectivity index (χ2v) is 7.26. The number of hydrogen-bond acceptors (Lipinski definition) is 4. The Morgan fingerprint density at radius 3 is 2.52 bits per heavy atom. The predicted molar refractivity (Wildman–Crippen MR) is 96.5 cm³/mol. The number of amides is 1. The summed E-state index contributed by atoms with van der Waals surface area (Å²) in [4.78, 5) is 28.7. The Bertz CT molecular complexity index is 720. The van der Waals surface area contributed by atoms with Gasteiger partial charge in [0, 0.05) is 44.8 Å². The second-order valence-electron chi connectivity index (χ2n) is 7.26. The maximum atomic E-state index is 12.6. The molecule has 132 valence electrons. The van der Waals surface area contributed by atoms with Crippen LogP contribution in [0.5, 0.6) is 0 Å². The lowest BCUT2D eigenvalue weighted by Gasteiger charge is -2.34. The molecule has 2 aromatic heterocycles. The second kappa shape index (κ2) is 6.86.